The first kappa shape index (κ1) is 20.8. The average Bonchev–Trinajstić information content (AvgIpc) is 3.45. The number of ether oxygens (including phenoxy) is 1. The van der Waals surface area contributed by atoms with Crippen LogP contribution in [0.1, 0.15) is 26.2 Å². The lowest BCUT2D eigenvalue weighted by molar-refractivity contribution is -0.135. The molecular formula is C23H25FN4O3. The summed E-state index contributed by atoms with van der Waals surface area (Å²) >= 11 is 0. The van der Waals surface area contributed by atoms with Gasteiger partial charge in [-0.05, 0) is 50.1 Å². The van der Waals surface area contributed by atoms with Gasteiger partial charge in [-0.2, -0.15) is 5.10 Å². The highest BCUT2D eigenvalue weighted by Crippen LogP contribution is 2.28. The van der Waals surface area contributed by atoms with Gasteiger partial charge in [-0.25, -0.2) is 9.18 Å². The Hall–Kier alpha value is -3.42. The normalized spacial score (nSPS) is 18.1. The first-order valence-corrected chi connectivity index (χ1v) is 10.5. The maximum atomic E-state index is 14.6. The number of nitrogens with one attached hydrogen (secondary N) is 1. The van der Waals surface area contributed by atoms with Crippen molar-refractivity contribution in [3.8, 4) is 0 Å². The van der Waals surface area contributed by atoms with Crippen LogP contribution in [0.4, 0.5) is 21.5 Å². The molecule has 0 spiro atoms. The molecule has 1 fully saturated rings. The summed E-state index contributed by atoms with van der Waals surface area (Å²) in [6, 6.07) is 13.1. The van der Waals surface area contributed by atoms with Crippen molar-refractivity contribution in [2.45, 2.75) is 32.2 Å². The zero-order valence-electron chi connectivity index (χ0n) is 17.4. The number of hydrogen-bond acceptors (Lipinski definition) is 6. The second-order valence-electron chi connectivity index (χ2n) is 7.52. The molecule has 2 aliphatic rings. The number of amides is 1. The molecule has 162 valence electrons. The van der Waals surface area contributed by atoms with Crippen LogP contribution in [0.3, 0.4) is 0 Å². The van der Waals surface area contributed by atoms with Crippen LogP contribution in [0, 0.1) is 5.82 Å². The topological polar surface area (TPSA) is 74.2 Å². The Balaban J connectivity index is 1.52. The Morgan fingerprint density at radius 1 is 1.16 bits per heavy atom. The molecule has 4 rings (SSSR count). The van der Waals surface area contributed by atoms with Crippen molar-refractivity contribution in [1.29, 1.82) is 0 Å². The van der Waals surface area contributed by atoms with Gasteiger partial charge in [0.05, 0.1) is 18.0 Å². The SMILES string of the molecule is CCOC(=O)C1=NN(c2ccccc2)C(C(=O)Nc2ccc(N3CCCC3)c(F)c2)C1. The quantitative estimate of drug-likeness (QED) is 0.718. The van der Waals surface area contributed by atoms with E-state index >= 15 is 0 Å². The monoisotopic (exact) mass is 424 g/mol. The van der Waals surface area contributed by atoms with Crippen molar-refractivity contribution in [3.05, 3.63) is 54.3 Å². The van der Waals surface area contributed by atoms with E-state index in [9.17, 15) is 14.0 Å². The molecule has 2 aliphatic heterocycles. The fourth-order valence-corrected chi connectivity index (χ4v) is 3.90. The Morgan fingerprint density at radius 3 is 2.58 bits per heavy atom. The smallest absolute Gasteiger partial charge is 0.354 e. The van der Waals surface area contributed by atoms with Gasteiger partial charge in [0.25, 0.3) is 0 Å². The summed E-state index contributed by atoms with van der Waals surface area (Å²) in [5.74, 6) is -1.28. The minimum atomic E-state index is -0.747. The summed E-state index contributed by atoms with van der Waals surface area (Å²) in [5, 5.41) is 8.62. The van der Waals surface area contributed by atoms with E-state index in [0.717, 1.165) is 25.9 Å². The van der Waals surface area contributed by atoms with Crippen molar-refractivity contribution in [1.82, 2.24) is 0 Å². The molecule has 0 aromatic heterocycles. The van der Waals surface area contributed by atoms with Gasteiger partial charge < -0.3 is 15.0 Å². The molecule has 8 heteroatoms. The predicted octanol–water partition coefficient (Wildman–Crippen LogP) is 3.56. The molecule has 7 nitrogen and oxygen atoms in total. The lowest BCUT2D eigenvalue weighted by Gasteiger charge is -2.23. The number of esters is 1. The van der Waals surface area contributed by atoms with Gasteiger partial charge in [-0.3, -0.25) is 9.80 Å². The largest absolute Gasteiger partial charge is 0.461 e. The third kappa shape index (κ3) is 4.52. The Kier molecular flexibility index (Phi) is 6.16. The molecule has 1 atom stereocenters. The summed E-state index contributed by atoms with van der Waals surface area (Å²) in [5.41, 5.74) is 1.78. The van der Waals surface area contributed by atoms with Crippen molar-refractivity contribution in [2.75, 3.05) is 34.9 Å². The van der Waals surface area contributed by atoms with Crippen LogP contribution in [0.5, 0.6) is 0 Å². The van der Waals surface area contributed by atoms with Crippen molar-refractivity contribution < 1.29 is 18.7 Å². The minimum Gasteiger partial charge on any atom is -0.461 e. The number of carbonyl (C=O) groups excluding carboxylic acids is 2. The lowest BCUT2D eigenvalue weighted by atomic mass is 10.1. The molecule has 1 N–H and O–H groups in total. The van der Waals surface area contributed by atoms with E-state index in [-0.39, 0.29) is 30.5 Å². The summed E-state index contributed by atoms with van der Waals surface area (Å²) in [7, 11) is 0. The van der Waals surface area contributed by atoms with Crippen molar-refractivity contribution in [2.24, 2.45) is 5.10 Å². The van der Waals surface area contributed by atoms with E-state index in [4.69, 9.17) is 4.74 Å². The van der Waals surface area contributed by atoms with E-state index in [1.807, 2.05) is 35.2 Å². The number of hydrogen-bond donors (Lipinski definition) is 1. The lowest BCUT2D eigenvalue weighted by Crippen LogP contribution is -2.38. The zero-order chi connectivity index (χ0) is 21.8. The number of nitrogens with zero attached hydrogens (tertiary/aromatic N) is 3. The number of anilines is 3. The predicted molar refractivity (Wildman–Crippen MR) is 118 cm³/mol. The van der Waals surface area contributed by atoms with Gasteiger partial charge in [-0.15, -0.1) is 0 Å². The Morgan fingerprint density at radius 2 is 1.90 bits per heavy atom. The molecule has 1 unspecified atom stereocenters. The van der Waals surface area contributed by atoms with Crippen LogP contribution in [0.25, 0.3) is 0 Å². The summed E-state index contributed by atoms with van der Waals surface area (Å²) in [6.45, 7) is 3.62. The van der Waals surface area contributed by atoms with Gasteiger partial charge in [0.15, 0.2) is 0 Å². The third-order valence-corrected chi connectivity index (χ3v) is 5.41. The average molecular weight is 424 g/mol. The molecule has 31 heavy (non-hydrogen) atoms. The maximum absolute atomic E-state index is 14.6. The van der Waals surface area contributed by atoms with Gasteiger partial charge in [0.1, 0.15) is 17.6 Å². The number of para-hydroxylation sites is 1. The van der Waals surface area contributed by atoms with E-state index in [0.29, 0.717) is 17.1 Å². The van der Waals surface area contributed by atoms with Gasteiger partial charge >= 0.3 is 5.97 Å². The van der Waals surface area contributed by atoms with Crippen LogP contribution in [-0.4, -0.2) is 43.3 Å². The van der Waals surface area contributed by atoms with Gasteiger partial charge in [-0.1, -0.05) is 18.2 Å². The van der Waals surface area contributed by atoms with E-state index < -0.39 is 12.0 Å². The molecule has 0 bridgehead atoms. The number of carbonyl (C=O) groups is 2. The molecule has 0 saturated carbocycles. The summed E-state index contributed by atoms with van der Waals surface area (Å²) < 4.78 is 19.7. The van der Waals surface area contributed by atoms with Crippen LogP contribution < -0.4 is 15.2 Å². The van der Waals surface area contributed by atoms with Gasteiger partial charge in [0, 0.05) is 25.2 Å². The molecule has 2 aromatic carbocycles. The standard InChI is InChI=1S/C23H25FN4O3/c1-2-31-23(30)19-15-21(28(26-19)17-8-4-3-5-9-17)22(29)25-16-10-11-20(18(24)14-16)27-12-6-7-13-27/h3-5,8-11,14,21H,2,6-7,12-13,15H2,1H3,(H,25,29). The van der Waals surface area contributed by atoms with Crippen LogP contribution >= 0.6 is 0 Å². The first-order valence-electron chi connectivity index (χ1n) is 10.5. The van der Waals surface area contributed by atoms with E-state index in [1.54, 1.807) is 19.1 Å². The second kappa shape index (κ2) is 9.16. The number of benzene rings is 2. The molecule has 1 saturated heterocycles. The van der Waals surface area contributed by atoms with E-state index in [2.05, 4.69) is 10.4 Å². The van der Waals surface area contributed by atoms with E-state index in [1.165, 1.54) is 11.1 Å². The fraction of sp³-hybridized carbons (Fsp3) is 0.348. The maximum Gasteiger partial charge on any atom is 0.354 e. The summed E-state index contributed by atoms with van der Waals surface area (Å²) in [6.07, 6.45) is 2.21. The fourth-order valence-electron chi connectivity index (χ4n) is 3.90. The second-order valence-corrected chi connectivity index (χ2v) is 7.52. The number of hydrazone groups is 1. The highest BCUT2D eigenvalue weighted by Gasteiger charge is 2.37. The first-order chi connectivity index (χ1) is 15.1. The highest BCUT2D eigenvalue weighted by atomic mass is 19.1. The molecular weight excluding hydrogens is 399 g/mol. The van der Waals surface area contributed by atoms with Crippen LogP contribution in [-0.2, 0) is 14.3 Å². The summed E-state index contributed by atoms with van der Waals surface area (Å²) in [4.78, 5) is 27.3. The highest BCUT2D eigenvalue weighted by molar-refractivity contribution is 6.38. The molecule has 1 amide bonds. The minimum absolute atomic E-state index is 0.105. The Labute approximate surface area is 180 Å². The Bertz CT molecular complexity index is 990. The number of halogens is 1. The van der Waals surface area contributed by atoms with Crippen LogP contribution in [0.15, 0.2) is 53.6 Å². The number of rotatable bonds is 6. The molecule has 2 heterocycles. The van der Waals surface area contributed by atoms with Crippen LogP contribution in [0.2, 0.25) is 0 Å². The van der Waals surface area contributed by atoms with Gasteiger partial charge in [0.2, 0.25) is 5.91 Å². The molecule has 0 aliphatic carbocycles. The molecule has 2 aromatic rings. The van der Waals surface area contributed by atoms with Crippen molar-refractivity contribution >= 4 is 34.7 Å². The zero-order valence-corrected chi connectivity index (χ0v) is 17.4. The molecule has 0 radical (unpaired) electrons. The van der Waals surface area contributed by atoms with Crippen molar-refractivity contribution in [3.63, 3.8) is 0 Å². The third-order valence-electron chi connectivity index (χ3n) is 5.41.